The fourth-order valence-electron chi connectivity index (χ4n) is 2.15. The number of nitrogens with zero attached hydrogens (tertiary/aromatic N) is 1. The lowest BCUT2D eigenvalue weighted by atomic mass is 10.1. The standard InChI is InChI=1S/C15H21N3O2/c1-18(2)14(19)8-9-16-15(20)17-13-10-12(13)11-6-4-3-5-7-11/h3-7,12-13H,8-10H2,1-2H3,(H2,16,17,20)/t12-,13-/m0/s1. The Morgan fingerprint density at radius 1 is 1.25 bits per heavy atom. The quantitative estimate of drug-likeness (QED) is 0.851. The number of hydrogen-bond acceptors (Lipinski definition) is 2. The zero-order valence-corrected chi connectivity index (χ0v) is 11.9. The van der Waals surface area contributed by atoms with E-state index < -0.39 is 0 Å². The van der Waals surface area contributed by atoms with Gasteiger partial charge in [0, 0.05) is 39.0 Å². The zero-order valence-electron chi connectivity index (χ0n) is 11.9. The van der Waals surface area contributed by atoms with Crippen molar-refractivity contribution in [1.29, 1.82) is 0 Å². The molecule has 2 atom stereocenters. The van der Waals surface area contributed by atoms with Gasteiger partial charge in [-0.25, -0.2) is 4.79 Å². The Morgan fingerprint density at radius 2 is 1.95 bits per heavy atom. The van der Waals surface area contributed by atoms with Crippen LogP contribution in [0.15, 0.2) is 30.3 Å². The molecule has 1 fully saturated rings. The molecule has 1 aromatic rings. The molecule has 0 heterocycles. The van der Waals surface area contributed by atoms with Crippen molar-refractivity contribution in [3.63, 3.8) is 0 Å². The first-order valence-electron chi connectivity index (χ1n) is 6.87. The smallest absolute Gasteiger partial charge is 0.315 e. The van der Waals surface area contributed by atoms with Gasteiger partial charge in [-0.3, -0.25) is 4.79 Å². The summed E-state index contributed by atoms with van der Waals surface area (Å²) in [5.74, 6) is 0.434. The molecule has 0 saturated heterocycles. The van der Waals surface area contributed by atoms with E-state index in [0.717, 1.165) is 6.42 Å². The van der Waals surface area contributed by atoms with Crippen molar-refractivity contribution in [3.8, 4) is 0 Å². The summed E-state index contributed by atoms with van der Waals surface area (Å²) >= 11 is 0. The molecule has 1 aliphatic carbocycles. The van der Waals surface area contributed by atoms with Gasteiger partial charge in [0.2, 0.25) is 5.91 Å². The molecule has 3 amide bonds. The average molecular weight is 275 g/mol. The summed E-state index contributed by atoms with van der Waals surface area (Å²) in [5.41, 5.74) is 1.26. The first-order valence-corrected chi connectivity index (χ1v) is 6.87. The van der Waals surface area contributed by atoms with Gasteiger partial charge < -0.3 is 15.5 Å². The van der Waals surface area contributed by atoms with Crippen LogP contribution in [0.4, 0.5) is 4.79 Å². The van der Waals surface area contributed by atoms with Crippen LogP contribution in [0.2, 0.25) is 0 Å². The summed E-state index contributed by atoms with van der Waals surface area (Å²) in [5, 5.41) is 5.64. The van der Waals surface area contributed by atoms with E-state index in [2.05, 4.69) is 22.8 Å². The lowest BCUT2D eigenvalue weighted by Crippen LogP contribution is -2.39. The number of carbonyl (C=O) groups excluding carboxylic acids is 2. The van der Waals surface area contributed by atoms with Gasteiger partial charge in [0.1, 0.15) is 0 Å². The summed E-state index contributed by atoms with van der Waals surface area (Å²) in [6.45, 7) is 0.367. The van der Waals surface area contributed by atoms with E-state index in [-0.39, 0.29) is 18.0 Å². The van der Waals surface area contributed by atoms with Crippen LogP contribution in [0.25, 0.3) is 0 Å². The number of urea groups is 1. The minimum absolute atomic E-state index is 0.0129. The maximum Gasteiger partial charge on any atom is 0.315 e. The SMILES string of the molecule is CN(C)C(=O)CCNC(=O)N[C@H]1C[C@H]1c1ccccc1. The molecule has 5 nitrogen and oxygen atoms in total. The molecule has 0 spiro atoms. The molecule has 0 aliphatic heterocycles. The van der Waals surface area contributed by atoms with Gasteiger partial charge in [-0.15, -0.1) is 0 Å². The Balaban J connectivity index is 1.66. The van der Waals surface area contributed by atoms with Gasteiger partial charge in [0.05, 0.1) is 0 Å². The average Bonchev–Trinajstić information content (AvgIpc) is 3.18. The van der Waals surface area contributed by atoms with E-state index in [1.54, 1.807) is 14.1 Å². The second-order valence-electron chi connectivity index (χ2n) is 5.30. The number of rotatable bonds is 5. The van der Waals surface area contributed by atoms with Gasteiger partial charge in [0.25, 0.3) is 0 Å². The van der Waals surface area contributed by atoms with Crippen molar-refractivity contribution in [2.24, 2.45) is 0 Å². The van der Waals surface area contributed by atoms with Crippen LogP contribution >= 0.6 is 0 Å². The number of amides is 3. The van der Waals surface area contributed by atoms with E-state index in [4.69, 9.17) is 0 Å². The first kappa shape index (κ1) is 14.4. The second-order valence-corrected chi connectivity index (χ2v) is 5.30. The molecule has 0 aromatic heterocycles. The number of carbonyl (C=O) groups is 2. The summed E-state index contributed by atoms with van der Waals surface area (Å²) in [6, 6.07) is 10.2. The molecule has 5 heteroatoms. The lowest BCUT2D eigenvalue weighted by Gasteiger charge is -2.11. The highest BCUT2D eigenvalue weighted by Crippen LogP contribution is 2.40. The molecule has 0 bridgehead atoms. The van der Waals surface area contributed by atoms with Crippen LogP contribution in [0, 0.1) is 0 Å². The predicted octanol–water partition coefficient (Wildman–Crippen LogP) is 1.32. The largest absolute Gasteiger partial charge is 0.349 e. The van der Waals surface area contributed by atoms with Gasteiger partial charge >= 0.3 is 6.03 Å². The highest BCUT2D eigenvalue weighted by atomic mass is 16.2. The van der Waals surface area contributed by atoms with Gasteiger partial charge in [-0.05, 0) is 12.0 Å². The molecular weight excluding hydrogens is 254 g/mol. The highest BCUT2D eigenvalue weighted by molar-refractivity contribution is 5.78. The summed E-state index contributed by atoms with van der Waals surface area (Å²) in [7, 11) is 3.41. The maximum absolute atomic E-state index is 11.7. The maximum atomic E-state index is 11.7. The monoisotopic (exact) mass is 275 g/mol. The molecule has 1 saturated carbocycles. The third kappa shape index (κ3) is 3.98. The second kappa shape index (κ2) is 6.41. The summed E-state index contributed by atoms with van der Waals surface area (Å²) in [4.78, 5) is 24.5. The molecule has 2 rings (SSSR count). The Hall–Kier alpha value is -2.04. The minimum atomic E-state index is -0.194. The first-order chi connectivity index (χ1) is 9.58. The van der Waals surface area contributed by atoms with Gasteiger partial charge in [-0.2, -0.15) is 0 Å². The fraction of sp³-hybridized carbons (Fsp3) is 0.467. The third-order valence-corrected chi connectivity index (χ3v) is 3.46. The van der Waals surface area contributed by atoms with E-state index in [9.17, 15) is 9.59 Å². The number of benzene rings is 1. The Bertz CT molecular complexity index is 473. The molecule has 2 N–H and O–H groups in total. The topological polar surface area (TPSA) is 61.4 Å². The lowest BCUT2D eigenvalue weighted by molar-refractivity contribution is -0.128. The fourth-order valence-corrected chi connectivity index (χ4v) is 2.15. The van der Waals surface area contributed by atoms with Crippen LogP contribution in [-0.4, -0.2) is 43.5 Å². The Kier molecular flexibility index (Phi) is 4.61. The molecule has 1 aliphatic rings. The summed E-state index contributed by atoms with van der Waals surface area (Å²) < 4.78 is 0. The molecular formula is C15H21N3O2. The predicted molar refractivity (Wildman–Crippen MR) is 77.4 cm³/mol. The van der Waals surface area contributed by atoms with E-state index >= 15 is 0 Å². The van der Waals surface area contributed by atoms with E-state index in [1.807, 2.05) is 18.2 Å². The molecule has 0 radical (unpaired) electrons. The molecule has 108 valence electrons. The van der Waals surface area contributed by atoms with Gasteiger partial charge in [0.15, 0.2) is 0 Å². The number of hydrogen-bond donors (Lipinski definition) is 2. The van der Waals surface area contributed by atoms with Crippen molar-refractivity contribution >= 4 is 11.9 Å². The Morgan fingerprint density at radius 3 is 2.60 bits per heavy atom. The number of nitrogens with one attached hydrogen (secondary N) is 2. The van der Waals surface area contributed by atoms with Crippen LogP contribution in [-0.2, 0) is 4.79 Å². The summed E-state index contributed by atoms with van der Waals surface area (Å²) in [6.07, 6.45) is 1.31. The van der Waals surface area contributed by atoms with E-state index in [0.29, 0.717) is 18.9 Å². The van der Waals surface area contributed by atoms with Crippen LogP contribution in [0.1, 0.15) is 24.3 Å². The molecule has 1 aromatic carbocycles. The van der Waals surface area contributed by atoms with Crippen molar-refractivity contribution in [1.82, 2.24) is 15.5 Å². The third-order valence-electron chi connectivity index (χ3n) is 3.46. The van der Waals surface area contributed by atoms with Crippen molar-refractivity contribution in [2.45, 2.75) is 24.8 Å². The van der Waals surface area contributed by atoms with E-state index in [1.165, 1.54) is 10.5 Å². The highest BCUT2D eigenvalue weighted by Gasteiger charge is 2.39. The van der Waals surface area contributed by atoms with Crippen LogP contribution < -0.4 is 10.6 Å². The minimum Gasteiger partial charge on any atom is -0.349 e. The zero-order chi connectivity index (χ0) is 14.5. The van der Waals surface area contributed by atoms with Crippen molar-refractivity contribution < 1.29 is 9.59 Å². The molecule has 0 unspecified atom stereocenters. The normalized spacial score (nSPS) is 20.1. The van der Waals surface area contributed by atoms with Crippen molar-refractivity contribution in [3.05, 3.63) is 35.9 Å². The van der Waals surface area contributed by atoms with Crippen LogP contribution in [0.3, 0.4) is 0 Å². The Labute approximate surface area is 119 Å². The van der Waals surface area contributed by atoms with Gasteiger partial charge in [-0.1, -0.05) is 30.3 Å². The van der Waals surface area contributed by atoms with Crippen LogP contribution in [0.5, 0.6) is 0 Å². The molecule has 20 heavy (non-hydrogen) atoms. The van der Waals surface area contributed by atoms with Crippen molar-refractivity contribution in [2.75, 3.05) is 20.6 Å².